The van der Waals surface area contributed by atoms with Gasteiger partial charge in [-0.15, -0.1) is 0 Å². The van der Waals surface area contributed by atoms with Crippen LogP contribution >= 0.6 is 0 Å². The lowest BCUT2D eigenvalue weighted by Gasteiger charge is -2.26. The van der Waals surface area contributed by atoms with Crippen molar-refractivity contribution < 1.29 is 0 Å². The molecule has 0 heterocycles. The van der Waals surface area contributed by atoms with Crippen LogP contribution in [0.5, 0.6) is 0 Å². The highest BCUT2D eigenvalue weighted by Gasteiger charge is 2.21. The number of hydrogen-bond acceptors (Lipinski definition) is 2. The van der Waals surface area contributed by atoms with Crippen molar-refractivity contribution in [2.24, 2.45) is 15.0 Å². The molecule has 0 saturated heterocycles. The van der Waals surface area contributed by atoms with Crippen LogP contribution < -0.4 is 4.90 Å². The number of hydrogen-bond donors (Lipinski definition) is 0. The van der Waals surface area contributed by atoms with Crippen molar-refractivity contribution in [1.29, 1.82) is 0 Å². The first kappa shape index (κ1) is 27.9. The van der Waals surface area contributed by atoms with Gasteiger partial charge in [0.15, 0.2) is 11.7 Å². The van der Waals surface area contributed by atoms with Crippen molar-refractivity contribution >= 4 is 35.5 Å². The van der Waals surface area contributed by atoms with E-state index in [2.05, 4.69) is 114 Å². The summed E-state index contributed by atoms with van der Waals surface area (Å²) in [7, 11) is 0. The molecule has 4 nitrogen and oxygen atoms in total. The first-order valence-corrected chi connectivity index (χ1v) is 15.1. The SMILES string of the molecule is C=N/C(=N\C(=N/Cc1ccc2c(c1)Cc1cc(N(c3ccccc3)c3ccccc3)ccc1-2)c1ccccc1)c1ccccc1. The van der Waals surface area contributed by atoms with Gasteiger partial charge in [-0.05, 0) is 77.4 Å². The zero-order valence-corrected chi connectivity index (χ0v) is 24.9. The van der Waals surface area contributed by atoms with Crippen molar-refractivity contribution in [1.82, 2.24) is 0 Å². The molecule has 0 spiro atoms. The minimum Gasteiger partial charge on any atom is -0.310 e. The summed E-state index contributed by atoms with van der Waals surface area (Å²) >= 11 is 0. The quantitative estimate of drug-likeness (QED) is 0.137. The summed E-state index contributed by atoms with van der Waals surface area (Å²) in [4.78, 5) is 16.4. The third-order valence-electron chi connectivity index (χ3n) is 8.05. The van der Waals surface area contributed by atoms with Gasteiger partial charge in [0, 0.05) is 28.2 Å². The Kier molecular flexibility index (Phi) is 7.93. The molecular formula is C41H32N4. The van der Waals surface area contributed by atoms with Crippen LogP contribution in [-0.2, 0) is 13.0 Å². The topological polar surface area (TPSA) is 40.3 Å². The van der Waals surface area contributed by atoms with E-state index in [9.17, 15) is 0 Å². The fourth-order valence-corrected chi connectivity index (χ4v) is 5.91. The van der Waals surface area contributed by atoms with Gasteiger partial charge >= 0.3 is 0 Å². The lowest BCUT2D eigenvalue weighted by atomic mass is 10.0. The van der Waals surface area contributed by atoms with Gasteiger partial charge in [-0.1, -0.05) is 121 Å². The Hall–Kier alpha value is -5.87. The Morgan fingerprint density at radius 3 is 1.62 bits per heavy atom. The lowest BCUT2D eigenvalue weighted by Crippen LogP contribution is -2.09. The van der Waals surface area contributed by atoms with Crippen LogP contribution in [0.15, 0.2) is 173 Å². The Labute approximate surface area is 264 Å². The number of para-hydroxylation sites is 2. The predicted molar refractivity (Wildman–Crippen MR) is 189 cm³/mol. The zero-order valence-electron chi connectivity index (χ0n) is 24.9. The van der Waals surface area contributed by atoms with Crippen LogP contribution in [-0.4, -0.2) is 18.4 Å². The minimum absolute atomic E-state index is 0.512. The van der Waals surface area contributed by atoms with Gasteiger partial charge in [-0.25, -0.2) is 9.98 Å². The molecule has 4 heteroatoms. The molecule has 0 N–H and O–H groups in total. The Bertz CT molecular complexity index is 1960. The van der Waals surface area contributed by atoms with Crippen LogP contribution in [0.2, 0.25) is 0 Å². The van der Waals surface area contributed by atoms with Gasteiger partial charge in [0.25, 0.3) is 0 Å². The van der Waals surface area contributed by atoms with Crippen molar-refractivity contribution in [2.45, 2.75) is 13.0 Å². The van der Waals surface area contributed by atoms with E-state index in [1.807, 2.05) is 60.7 Å². The van der Waals surface area contributed by atoms with Crippen molar-refractivity contribution in [2.75, 3.05) is 4.90 Å². The Morgan fingerprint density at radius 1 is 0.533 bits per heavy atom. The van der Waals surface area contributed by atoms with E-state index in [1.165, 1.54) is 22.3 Å². The second-order valence-corrected chi connectivity index (χ2v) is 11.0. The van der Waals surface area contributed by atoms with Crippen molar-refractivity contribution in [3.8, 4) is 11.1 Å². The van der Waals surface area contributed by atoms with Crippen molar-refractivity contribution in [3.05, 3.63) is 186 Å². The largest absolute Gasteiger partial charge is 0.310 e. The standard InChI is InChI=1S/C41H32N4/c1-42-40(31-14-6-2-7-15-31)44-41(32-16-8-3-9-17-32)43-29-30-22-24-38-33(26-30)27-34-28-37(23-25-39(34)38)45(35-18-10-4-11-19-35)36-20-12-5-13-21-36/h2-26,28H,1,27,29H2/b43-41-,44-40-. The molecule has 0 atom stereocenters. The van der Waals surface area contributed by atoms with E-state index in [4.69, 9.17) is 9.98 Å². The summed E-state index contributed by atoms with van der Waals surface area (Å²) in [5, 5.41) is 0. The molecule has 0 saturated carbocycles. The van der Waals surface area contributed by atoms with Gasteiger partial charge in [0.05, 0.1) is 6.54 Å². The molecule has 216 valence electrons. The molecule has 1 aliphatic rings. The van der Waals surface area contributed by atoms with Crippen LogP contribution in [0.4, 0.5) is 17.1 Å². The molecule has 0 aromatic heterocycles. The fourth-order valence-electron chi connectivity index (χ4n) is 5.91. The summed E-state index contributed by atoms with van der Waals surface area (Å²) in [5.41, 5.74) is 11.7. The highest BCUT2D eigenvalue weighted by atomic mass is 15.1. The van der Waals surface area contributed by atoms with E-state index < -0.39 is 0 Å². The number of rotatable bonds is 7. The number of aliphatic imine (C=N–C) groups is 3. The maximum Gasteiger partial charge on any atom is 0.161 e. The average molecular weight is 581 g/mol. The molecule has 0 radical (unpaired) electrons. The maximum absolute atomic E-state index is 4.99. The fraction of sp³-hybridized carbons (Fsp3) is 0.0488. The van der Waals surface area contributed by atoms with Crippen LogP contribution in [0.3, 0.4) is 0 Å². The smallest absolute Gasteiger partial charge is 0.161 e. The summed E-state index contributed by atoms with van der Waals surface area (Å²) in [6.45, 7) is 4.29. The summed E-state index contributed by atoms with van der Waals surface area (Å²) in [6.07, 6.45) is 0.885. The van der Waals surface area contributed by atoms with Crippen LogP contribution in [0.25, 0.3) is 11.1 Å². The Balaban J connectivity index is 1.18. The van der Waals surface area contributed by atoms with Gasteiger partial charge in [0.1, 0.15) is 0 Å². The molecule has 0 unspecified atom stereocenters. The van der Waals surface area contributed by atoms with Gasteiger partial charge in [-0.2, -0.15) is 0 Å². The monoisotopic (exact) mass is 580 g/mol. The highest BCUT2D eigenvalue weighted by Crippen LogP contribution is 2.42. The molecule has 7 rings (SSSR count). The van der Waals surface area contributed by atoms with Crippen molar-refractivity contribution in [3.63, 3.8) is 0 Å². The maximum atomic E-state index is 4.99. The number of fused-ring (bicyclic) bond motifs is 3. The lowest BCUT2D eigenvalue weighted by molar-refractivity contribution is 1.05. The summed E-state index contributed by atoms with van der Waals surface area (Å²) in [6, 6.07) is 54.6. The van der Waals surface area contributed by atoms with E-state index in [0.29, 0.717) is 18.2 Å². The molecule has 45 heavy (non-hydrogen) atoms. The van der Waals surface area contributed by atoms with Gasteiger partial charge in [-0.3, -0.25) is 4.99 Å². The molecule has 0 amide bonds. The van der Waals surface area contributed by atoms with Gasteiger partial charge in [0.2, 0.25) is 0 Å². The normalized spacial score (nSPS) is 12.4. The third kappa shape index (κ3) is 5.99. The molecule has 6 aromatic rings. The zero-order chi connectivity index (χ0) is 30.4. The van der Waals surface area contributed by atoms with Crippen LogP contribution in [0.1, 0.15) is 27.8 Å². The first-order chi connectivity index (χ1) is 22.3. The van der Waals surface area contributed by atoms with E-state index in [0.717, 1.165) is 40.2 Å². The van der Waals surface area contributed by atoms with Gasteiger partial charge < -0.3 is 4.90 Å². The molecule has 0 aliphatic heterocycles. The third-order valence-corrected chi connectivity index (χ3v) is 8.05. The minimum atomic E-state index is 0.512. The number of amidine groups is 2. The predicted octanol–water partition coefficient (Wildman–Crippen LogP) is 9.82. The first-order valence-electron chi connectivity index (χ1n) is 15.1. The summed E-state index contributed by atoms with van der Waals surface area (Å²) < 4.78 is 0. The molecule has 6 aromatic carbocycles. The molecule has 1 aliphatic carbocycles. The Morgan fingerprint density at radius 2 is 1.04 bits per heavy atom. The number of benzene rings is 6. The van der Waals surface area contributed by atoms with E-state index in [1.54, 1.807) is 0 Å². The van der Waals surface area contributed by atoms with E-state index in [-0.39, 0.29) is 0 Å². The van der Waals surface area contributed by atoms with Crippen LogP contribution in [0, 0.1) is 0 Å². The number of anilines is 3. The average Bonchev–Trinajstić information content (AvgIpc) is 3.47. The summed E-state index contributed by atoms with van der Waals surface area (Å²) in [5.74, 6) is 1.19. The second-order valence-electron chi connectivity index (χ2n) is 11.0. The molecular weight excluding hydrogens is 548 g/mol. The highest BCUT2D eigenvalue weighted by molar-refractivity contribution is 6.12. The molecule has 0 fully saturated rings. The van der Waals surface area contributed by atoms with E-state index >= 15 is 0 Å². The molecule has 0 bridgehead atoms. The number of nitrogens with zero attached hydrogens (tertiary/aromatic N) is 4. The second kappa shape index (κ2) is 12.8.